The third-order valence-corrected chi connectivity index (χ3v) is 3.73. The van der Waals surface area contributed by atoms with E-state index < -0.39 is 29.2 Å². The molecule has 2 aromatic rings. The van der Waals surface area contributed by atoms with Crippen molar-refractivity contribution in [2.75, 3.05) is 0 Å². The van der Waals surface area contributed by atoms with E-state index in [1.54, 1.807) is 30.3 Å². The third-order valence-electron chi connectivity index (χ3n) is 3.73. The van der Waals surface area contributed by atoms with Crippen LogP contribution in [0.5, 0.6) is 0 Å². The van der Waals surface area contributed by atoms with Gasteiger partial charge in [-0.1, -0.05) is 50.8 Å². The maximum absolute atomic E-state index is 14.1. The van der Waals surface area contributed by atoms with Crippen molar-refractivity contribution in [1.29, 1.82) is 0 Å². The van der Waals surface area contributed by atoms with Crippen molar-refractivity contribution in [1.82, 2.24) is 5.32 Å². The molecule has 0 spiro atoms. The van der Waals surface area contributed by atoms with E-state index in [1.807, 2.05) is 13.8 Å². The van der Waals surface area contributed by atoms with E-state index in [0.717, 1.165) is 0 Å². The molecule has 3 rings (SSSR count). The van der Waals surface area contributed by atoms with Crippen LogP contribution in [0.25, 0.3) is 11.3 Å². The van der Waals surface area contributed by atoms with Gasteiger partial charge in [0.05, 0.1) is 11.3 Å². The van der Waals surface area contributed by atoms with E-state index in [2.05, 4.69) is 11.9 Å². The predicted molar refractivity (Wildman–Crippen MR) is 92.7 cm³/mol. The highest BCUT2D eigenvalue weighted by Gasteiger charge is 2.28. The molecule has 1 heterocycles. The van der Waals surface area contributed by atoms with Gasteiger partial charge in [-0.15, -0.1) is 0 Å². The summed E-state index contributed by atoms with van der Waals surface area (Å²) in [7, 11) is 0. The number of alkyl halides is 1. The Morgan fingerprint density at radius 2 is 1.56 bits per heavy atom. The molecule has 1 N–H and O–H groups in total. The fourth-order valence-electron chi connectivity index (χ4n) is 2.61. The largest absolute Gasteiger partial charge is 0.356 e. The molecule has 1 nitrogen and oxygen atoms in total. The SMILES string of the molecule is C=C1NC(c2c(F)cc(F)cc2F)=C(c2ccccc2)CC1F.CC. The van der Waals surface area contributed by atoms with E-state index in [-0.39, 0.29) is 17.8 Å². The van der Waals surface area contributed by atoms with Gasteiger partial charge in [0.15, 0.2) is 0 Å². The maximum Gasteiger partial charge on any atom is 0.143 e. The molecular weight excluding hydrogens is 330 g/mol. The molecule has 0 radical (unpaired) electrons. The smallest absolute Gasteiger partial charge is 0.143 e. The lowest BCUT2D eigenvalue weighted by Crippen LogP contribution is -2.27. The number of hydrogen-bond donors (Lipinski definition) is 1. The van der Waals surface area contributed by atoms with Gasteiger partial charge in [0, 0.05) is 24.3 Å². The number of benzene rings is 2. The van der Waals surface area contributed by atoms with Crippen LogP contribution in [0.2, 0.25) is 0 Å². The van der Waals surface area contributed by atoms with Gasteiger partial charge in [0.25, 0.3) is 0 Å². The van der Waals surface area contributed by atoms with Crippen LogP contribution in [0.1, 0.15) is 31.4 Å². The lowest BCUT2D eigenvalue weighted by atomic mass is 9.90. The zero-order chi connectivity index (χ0) is 18.6. The van der Waals surface area contributed by atoms with Crippen LogP contribution in [-0.2, 0) is 0 Å². The summed E-state index contributed by atoms with van der Waals surface area (Å²) < 4.78 is 55.4. The first-order valence-electron chi connectivity index (χ1n) is 8.00. The summed E-state index contributed by atoms with van der Waals surface area (Å²) in [6.07, 6.45) is -1.44. The number of rotatable bonds is 2. The first kappa shape index (κ1) is 18.8. The molecule has 1 aliphatic rings. The van der Waals surface area contributed by atoms with Crippen LogP contribution in [0.4, 0.5) is 17.6 Å². The Balaban J connectivity index is 0.00000109. The average Bonchev–Trinajstić information content (AvgIpc) is 2.59. The molecule has 0 fully saturated rings. The van der Waals surface area contributed by atoms with Crippen molar-refractivity contribution in [3.63, 3.8) is 0 Å². The van der Waals surface area contributed by atoms with Gasteiger partial charge in [-0.25, -0.2) is 17.6 Å². The topological polar surface area (TPSA) is 12.0 Å². The Kier molecular flexibility index (Phi) is 6.02. The summed E-state index contributed by atoms with van der Waals surface area (Å²) in [6, 6.07) is 9.90. The van der Waals surface area contributed by atoms with Crippen LogP contribution >= 0.6 is 0 Å². The van der Waals surface area contributed by atoms with E-state index in [4.69, 9.17) is 0 Å². The minimum atomic E-state index is -1.37. The highest BCUT2D eigenvalue weighted by atomic mass is 19.1. The molecule has 5 heteroatoms. The van der Waals surface area contributed by atoms with Crippen molar-refractivity contribution >= 4 is 11.3 Å². The molecule has 0 amide bonds. The highest BCUT2D eigenvalue weighted by Crippen LogP contribution is 2.37. The van der Waals surface area contributed by atoms with Crippen molar-refractivity contribution in [2.45, 2.75) is 26.4 Å². The van der Waals surface area contributed by atoms with Gasteiger partial charge in [0.2, 0.25) is 0 Å². The summed E-state index contributed by atoms with van der Waals surface area (Å²) in [5.74, 6) is -3.12. The minimum absolute atomic E-state index is 0.0165. The number of hydrogen-bond acceptors (Lipinski definition) is 1. The maximum atomic E-state index is 14.1. The Bertz CT molecular complexity index is 774. The second-order valence-corrected chi connectivity index (χ2v) is 5.29. The van der Waals surface area contributed by atoms with Crippen LogP contribution < -0.4 is 5.32 Å². The molecular formula is C20H19F4N. The molecule has 25 heavy (non-hydrogen) atoms. The number of nitrogens with one attached hydrogen (secondary N) is 1. The second-order valence-electron chi connectivity index (χ2n) is 5.29. The number of allylic oxidation sites excluding steroid dienone is 2. The molecule has 0 bridgehead atoms. The molecule has 0 aliphatic carbocycles. The van der Waals surface area contributed by atoms with Gasteiger partial charge in [0.1, 0.15) is 23.6 Å². The van der Waals surface area contributed by atoms with Gasteiger partial charge >= 0.3 is 0 Å². The van der Waals surface area contributed by atoms with E-state index >= 15 is 0 Å². The van der Waals surface area contributed by atoms with Crippen LogP contribution in [0.3, 0.4) is 0 Å². The van der Waals surface area contributed by atoms with E-state index in [0.29, 0.717) is 23.3 Å². The van der Waals surface area contributed by atoms with Crippen LogP contribution in [-0.4, -0.2) is 6.17 Å². The molecule has 0 saturated carbocycles. The quantitative estimate of drug-likeness (QED) is 0.671. The van der Waals surface area contributed by atoms with Crippen LogP contribution in [0, 0.1) is 17.5 Å². The van der Waals surface area contributed by atoms with Gasteiger partial charge in [-0.3, -0.25) is 0 Å². The van der Waals surface area contributed by atoms with Gasteiger partial charge in [-0.05, 0) is 11.1 Å². The summed E-state index contributed by atoms with van der Waals surface area (Å²) in [5, 5.41) is 2.64. The third kappa shape index (κ3) is 3.92. The summed E-state index contributed by atoms with van der Waals surface area (Å²) >= 11 is 0. The first-order valence-corrected chi connectivity index (χ1v) is 8.00. The molecule has 1 unspecified atom stereocenters. The van der Waals surface area contributed by atoms with Crippen molar-refractivity contribution < 1.29 is 17.6 Å². The van der Waals surface area contributed by atoms with Gasteiger partial charge in [-0.2, -0.15) is 0 Å². The Morgan fingerprint density at radius 1 is 1.00 bits per heavy atom. The minimum Gasteiger partial charge on any atom is -0.356 e. The molecule has 132 valence electrons. The van der Waals surface area contributed by atoms with Gasteiger partial charge < -0.3 is 5.32 Å². The average molecular weight is 349 g/mol. The highest BCUT2D eigenvalue weighted by molar-refractivity contribution is 5.92. The fourth-order valence-corrected chi connectivity index (χ4v) is 2.61. The molecule has 0 aromatic heterocycles. The van der Waals surface area contributed by atoms with E-state index in [9.17, 15) is 17.6 Å². The first-order chi connectivity index (χ1) is 12.0. The van der Waals surface area contributed by atoms with Crippen molar-refractivity contribution in [3.05, 3.63) is 83.3 Å². The van der Waals surface area contributed by atoms with Crippen molar-refractivity contribution in [2.24, 2.45) is 0 Å². The molecule has 1 atom stereocenters. The Morgan fingerprint density at radius 3 is 2.12 bits per heavy atom. The Hall–Kier alpha value is -2.56. The van der Waals surface area contributed by atoms with E-state index in [1.165, 1.54) is 0 Å². The zero-order valence-electron chi connectivity index (χ0n) is 14.0. The normalized spacial score (nSPS) is 16.9. The standard InChI is InChI=1S/C18H13F4N.C2H6/c1-10-14(20)9-13(11-5-3-2-4-6-11)18(23-10)17-15(21)7-12(19)8-16(17)22;1-2/h2-8,14,23H,1,9H2;1-2H3. The second kappa shape index (κ2) is 8.01. The fraction of sp³-hybridized carbons (Fsp3) is 0.200. The summed E-state index contributed by atoms with van der Waals surface area (Å²) in [4.78, 5) is 0. The zero-order valence-corrected chi connectivity index (χ0v) is 14.0. The lowest BCUT2D eigenvalue weighted by Gasteiger charge is -2.27. The summed E-state index contributed by atoms with van der Waals surface area (Å²) in [5.41, 5.74) is 0.717. The van der Waals surface area contributed by atoms with Crippen LogP contribution in [0.15, 0.2) is 54.7 Å². The lowest BCUT2D eigenvalue weighted by molar-refractivity contribution is 0.374. The molecule has 1 aliphatic heterocycles. The molecule has 2 aromatic carbocycles. The molecule has 0 saturated heterocycles. The van der Waals surface area contributed by atoms with Crippen molar-refractivity contribution in [3.8, 4) is 0 Å². The summed E-state index contributed by atoms with van der Waals surface area (Å²) in [6.45, 7) is 7.54. The number of halogens is 4. The predicted octanol–water partition coefficient (Wildman–Crippen LogP) is 5.84. The monoisotopic (exact) mass is 349 g/mol. The Labute approximate surface area is 144 Å².